The molecule has 1 N–H and O–H groups in total. The van der Waals surface area contributed by atoms with E-state index in [0.717, 1.165) is 5.92 Å². The van der Waals surface area contributed by atoms with Crippen molar-refractivity contribution >= 4 is 27.7 Å². The van der Waals surface area contributed by atoms with Crippen molar-refractivity contribution in [3.8, 4) is 0 Å². The van der Waals surface area contributed by atoms with E-state index in [9.17, 15) is 0 Å². The molecule has 1 atom stereocenters. The summed E-state index contributed by atoms with van der Waals surface area (Å²) in [5, 5.41) is 3.55. The lowest BCUT2D eigenvalue weighted by molar-refractivity contribution is 0.359. The van der Waals surface area contributed by atoms with Crippen LogP contribution in [0.25, 0.3) is 0 Å². The quantitative estimate of drug-likeness (QED) is 0.590. The zero-order valence-corrected chi connectivity index (χ0v) is 14.1. The van der Waals surface area contributed by atoms with Crippen molar-refractivity contribution < 1.29 is 0 Å². The summed E-state index contributed by atoms with van der Waals surface area (Å²) in [7, 11) is 2.12. The SMILES string of the molecule is CNC(CSc1cccc(Br)c1)C1CCCCCC1. The molecule has 0 spiro atoms. The molecular formula is C16H24BrNS. The lowest BCUT2D eigenvalue weighted by atomic mass is 9.93. The van der Waals surface area contributed by atoms with E-state index in [1.165, 1.54) is 53.6 Å². The summed E-state index contributed by atoms with van der Waals surface area (Å²) in [4.78, 5) is 1.36. The molecule has 1 saturated carbocycles. The third-order valence-corrected chi connectivity index (χ3v) is 5.67. The third kappa shape index (κ3) is 5.13. The molecule has 0 aromatic heterocycles. The first-order valence-corrected chi connectivity index (χ1v) is 9.13. The zero-order valence-electron chi connectivity index (χ0n) is 11.7. The lowest BCUT2D eigenvalue weighted by Crippen LogP contribution is -2.35. The van der Waals surface area contributed by atoms with Gasteiger partial charge in [-0.05, 0) is 44.0 Å². The molecule has 1 aliphatic rings. The maximum absolute atomic E-state index is 3.55. The first-order valence-electron chi connectivity index (χ1n) is 7.35. The molecular weight excluding hydrogens is 318 g/mol. The van der Waals surface area contributed by atoms with E-state index in [2.05, 4.69) is 52.6 Å². The Morgan fingerprint density at radius 2 is 2.00 bits per heavy atom. The predicted octanol–water partition coefficient (Wildman–Crippen LogP) is 5.10. The van der Waals surface area contributed by atoms with Crippen molar-refractivity contribution in [2.45, 2.75) is 49.5 Å². The van der Waals surface area contributed by atoms with Crippen LogP contribution in [0.4, 0.5) is 0 Å². The normalized spacial score (nSPS) is 19.1. The maximum atomic E-state index is 3.55. The molecule has 0 radical (unpaired) electrons. The van der Waals surface area contributed by atoms with Crippen molar-refractivity contribution in [2.75, 3.05) is 12.8 Å². The minimum absolute atomic E-state index is 0.655. The van der Waals surface area contributed by atoms with Crippen molar-refractivity contribution in [1.82, 2.24) is 5.32 Å². The van der Waals surface area contributed by atoms with Crippen molar-refractivity contribution in [1.29, 1.82) is 0 Å². The molecule has 1 aliphatic carbocycles. The minimum Gasteiger partial charge on any atom is -0.316 e. The van der Waals surface area contributed by atoms with Crippen molar-refractivity contribution in [2.24, 2.45) is 5.92 Å². The Morgan fingerprint density at radius 1 is 1.26 bits per heavy atom. The van der Waals surface area contributed by atoms with Crippen LogP contribution in [0, 0.1) is 5.92 Å². The molecule has 1 unspecified atom stereocenters. The van der Waals surface area contributed by atoms with Crippen LogP contribution in [0.2, 0.25) is 0 Å². The van der Waals surface area contributed by atoms with Crippen LogP contribution < -0.4 is 5.32 Å². The van der Waals surface area contributed by atoms with Gasteiger partial charge in [0.05, 0.1) is 0 Å². The Morgan fingerprint density at radius 3 is 2.63 bits per heavy atom. The topological polar surface area (TPSA) is 12.0 Å². The third-order valence-electron chi connectivity index (χ3n) is 4.07. The number of thioether (sulfide) groups is 1. The van der Waals surface area contributed by atoms with Crippen molar-refractivity contribution in [3.05, 3.63) is 28.7 Å². The Hall–Kier alpha value is 0.01000. The standard InChI is InChI=1S/C16H24BrNS/c1-18-16(13-7-4-2-3-5-8-13)12-19-15-10-6-9-14(17)11-15/h6,9-11,13,16,18H,2-5,7-8,12H2,1H3. The van der Waals surface area contributed by atoms with E-state index in [1.807, 2.05) is 11.8 Å². The van der Waals surface area contributed by atoms with Gasteiger partial charge < -0.3 is 5.32 Å². The molecule has 0 bridgehead atoms. The minimum atomic E-state index is 0.655. The van der Waals surface area contributed by atoms with E-state index in [4.69, 9.17) is 0 Å². The van der Waals surface area contributed by atoms with E-state index in [1.54, 1.807) is 0 Å². The Labute approximate surface area is 130 Å². The van der Waals surface area contributed by atoms with Gasteiger partial charge in [0.15, 0.2) is 0 Å². The molecule has 1 aromatic rings. The average molecular weight is 342 g/mol. The first-order chi connectivity index (χ1) is 9.29. The highest BCUT2D eigenvalue weighted by Gasteiger charge is 2.21. The zero-order chi connectivity index (χ0) is 13.5. The molecule has 1 nitrogen and oxygen atoms in total. The van der Waals surface area contributed by atoms with Crippen molar-refractivity contribution in [3.63, 3.8) is 0 Å². The van der Waals surface area contributed by atoms with Gasteiger partial charge in [-0.2, -0.15) is 0 Å². The Balaban J connectivity index is 1.87. The van der Waals surface area contributed by atoms with Crippen LogP contribution >= 0.6 is 27.7 Å². The predicted molar refractivity (Wildman–Crippen MR) is 88.9 cm³/mol. The molecule has 19 heavy (non-hydrogen) atoms. The van der Waals surface area contributed by atoms with Crippen LogP contribution in [-0.4, -0.2) is 18.8 Å². The highest BCUT2D eigenvalue weighted by Crippen LogP contribution is 2.29. The van der Waals surface area contributed by atoms with Crippen LogP contribution in [0.5, 0.6) is 0 Å². The molecule has 0 saturated heterocycles. The maximum Gasteiger partial charge on any atom is 0.0186 e. The van der Waals surface area contributed by atoms with E-state index in [-0.39, 0.29) is 0 Å². The monoisotopic (exact) mass is 341 g/mol. The van der Waals surface area contributed by atoms with Crippen LogP contribution in [0.1, 0.15) is 38.5 Å². The van der Waals surface area contributed by atoms with Crippen LogP contribution in [-0.2, 0) is 0 Å². The number of nitrogens with one attached hydrogen (secondary N) is 1. The van der Waals surface area contributed by atoms with Gasteiger partial charge in [-0.15, -0.1) is 11.8 Å². The molecule has 1 fully saturated rings. The number of benzene rings is 1. The fraction of sp³-hybridized carbons (Fsp3) is 0.625. The highest BCUT2D eigenvalue weighted by atomic mass is 79.9. The van der Waals surface area contributed by atoms with Gasteiger partial charge >= 0.3 is 0 Å². The van der Waals surface area contributed by atoms with E-state index in [0.29, 0.717) is 6.04 Å². The van der Waals surface area contributed by atoms with Crippen LogP contribution in [0.3, 0.4) is 0 Å². The second-order valence-electron chi connectivity index (χ2n) is 5.42. The van der Waals surface area contributed by atoms with E-state index >= 15 is 0 Å². The van der Waals surface area contributed by atoms with Gasteiger partial charge in [-0.25, -0.2) is 0 Å². The molecule has 0 amide bonds. The molecule has 1 aromatic carbocycles. The van der Waals surface area contributed by atoms with Gasteiger partial charge in [0, 0.05) is 21.2 Å². The fourth-order valence-corrected chi connectivity index (χ4v) is 4.66. The number of rotatable bonds is 5. The summed E-state index contributed by atoms with van der Waals surface area (Å²) in [6.45, 7) is 0. The molecule has 106 valence electrons. The number of halogens is 1. The Kier molecular flexibility index (Phi) is 6.75. The van der Waals surface area contributed by atoms with Gasteiger partial charge in [0.25, 0.3) is 0 Å². The summed E-state index contributed by atoms with van der Waals surface area (Å²) in [5.41, 5.74) is 0. The Bertz CT molecular complexity index is 375. The number of hydrogen-bond donors (Lipinski definition) is 1. The second-order valence-corrected chi connectivity index (χ2v) is 7.42. The summed E-state index contributed by atoms with van der Waals surface area (Å²) in [6, 6.07) is 9.28. The molecule has 0 heterocycles. The molecule has 3 heteroatoms. The summed E-state index contributed by atoms with van der Waals surface area (Å²) in [6.07, 6.45) is 8.53. The second kappa shape index (κ2) is 8.33. The van der Waals surface area contributed by atoms with Gasteiger partial charge in [-0.3, -0.25) is 0 Å². The van der Waals surface area contributed by atoms with Gasteiger partial charge in [0.2, 0.25) is 0 Å². The lowest BCUT2D eigenvalue weighted by Gasteiger charge is -2.25. The van der Waals surface area contributed by atoms with Crippen LogP contribution in [0.15, 0.2) is 33.6 Å². The van der Waals surface area contributed by atoms with Gasteiger partial charge in [0.1, 0.15) is 0 Å². The summed E-state index contributed by atoms with van der Waals surface area (Å²) < 4.78 is 1.17. The number of hydrogen-bond acceptors (Lipinski definition) is 2. The fourth-order valence-electron chi connectivity index (χ4n) is 2.91. The first kappa shape index (κ1) is 15.4. The summed E-state index contributed by atoms with van der Waals surface area (Å²) >= 11 is 5.52. The molecule has 0 aliphatic heterocycles. The molecule has 2 rings (SSSR count). The largest absolute Gasteiger partial charge is 0.316 e. The summed E-state index contributed by atoms with van der Waals surface area (Å²) in [5.74, 6) is 2.05. The smallest absolute Gasteiger partial charge is 0.0186 e. The highest BCUT2D eigenvalue weighted by molar-refractivity contribution is 9.10. The van der Waals surface area contributed by atoms with Gasteiger partial charge in [-0.1, -0.05) is 47.7 Å². The average Bonchev–Trinajstić information content (AvgIpc) is 2.69. The van der Waals surface area contributed by atoms with E-state index < -0.39 is 0 Å².